The summed E-state index contributed by atoms with van der Waals surface area (Å²) < 4.78 is 5.18. The third-order valence-electron chi connectivity index (χ3n) is 4.85. The van der Waals surface area contributed by atoms with E-state index >= 15 is 0 Å². The molecule has 3 aromatic carbocycles. The fourth-order valence-corrected chi connectivity index (χ4v) is 5.20. The number of nitrogens with one attached hydrogen (secondary N) is 2. The Morgan fingerprint density at radius 2 is 1.71 bits per heavy atom. The van der Waals surface area contributed by atoms with Gasteiger partial charge in [-0.05, 0) is 53.4 Å². The lowest BCUT2D eigenvalue weighted by Crippen LogP contribution is -2.19. The zero-order chi connectivity index (χ0) is 23.9. The largest absolute Gasteiger partial charge is 0.495 e. The van der Waals surface area contributed by atoms with Crippen LogP contribution < -0.4 is 15.4 Å². The number of benzene rings is 3. The lowest BCUT2D eigenvalue weighted by Gasteiger charge is -2.18. The Bertz CT molecular complexity index is 1280. The van der Waals surface area contributed by atoms with E-state index in [1.165, 1.54) is 23.1 Å². The van der Waals surface area contributed by atoms with Gasteiger partial charge >= 0.3 is 0 Å². The van der Waals surface area contributed by atoms with Gasteiger partial charge in [0.1, 0.15) is 11.0 Å². The van der Waals surface area contributed by atoms with E-state index < -0.39 is 5.25 Å². The van der Waals surface area contributed by atoms with Gasteiger partial charge in [0, 0.05) is 16.3 Å². The van der Waals surface area contributed by atoms with Gasteiger partial charge < -0.3 is 15.4 Å². The van der Waals surface area contributed by atoms with Gasteiger partial charge in [-0.1, -0.05) is 54.1 Å². The fourth-order valence-electron chi connectivity index (χ4n) is 3.24. The van der Waals surface area contributed by atoms with Crippen molar-refractivity contribution >= 4 is 57.9 Å². The molecule has 8 heteroatoms. The Hall–Kier alpha value is -3.26. The predicted octanol–water partition coefficient (Wildman–Crippen LogP) is 7.13. The minimum atomic E-state index is -0.523. The van der Waals surface area contributed by atoms with E-state index in [9.17, 15) is 9.59 Å². The van der Waals surface area contributed by atoms with Gasteiger partial charge in [-0.25, -0.2) is 0 Å². The number of amides is 2. The van der Waals surface area contributed by atoms with Crippen molar-refractivity contribution in [1.82, 2.24) is 0 Å². The molecule has 1 aromatic heterocycles. The molecule has 34 heavy (non-hydrogen) atoms. The van der Waals surface area contributed by atoms with E-state index in [4.69, 9.17) is 16.3 Å². The molecule has 1 atom stereocenters. The zero-order valence-corrected chi connectivity index (χ0v) is 20.5. The van der Waals surface area contributed by atoms with Gasteiger partial charge in [-0.3, -0.25) is 9.59 Å². The SMILES string of the molecule is COc1ccc(NC(=O)C(Sc2cccc(NC(=O)c3cccs3)c2)c2ccccc2)cc1Cl. The van der Waals surface area contributed by atoms with Gasteiger partial charge in [0.2, 0.25) is 5.91 Å². The summed E-state index contributed by atoms with van der Waals surface area (Å²) >= 11 is 9.00. The molecule has 0 saturated heterocycles. The van der Waals surface area contributed by atoms with Crippen LogP contribution in [0.15, 0.2) is 95.2 Å². The van der Waals surface area contributed by atoms with Crippen molar-refractivity contribution in [2.45, 2.75) is 10.1 Å². The number of rotatable bonds is 8. The maximum Gasteiger partial charge on any atom is 0.265 e. The van der Waals surface area contributed by atoms with Crippen molar-refractivity contribution < 1.29 is 14.3 Å². The minimum Gasteiger partial charge on any atom is -0.495 e. The van der Waals surface area contributed by atoms with Crippen LogP contribution in [0.1, 0.15) is 20.5 Å². The number of hydrogen-bond donors (Lipinski definition) is 2. The second-order valence-electron chi connectivity index (χ2n) is 7.21. The molecule has 2 N–H and O–H groups in total. The topological polar surface area (TPSA) is 67.4 Å². The molecule has 0 saturated carbocycles. The van der Waals surface area contributed by atoms with Crippen LogP contribution in [0.2, 0.25) is 5.02 Å². The molecule has 5 nitrogen and oxygen atoms in total. The normalized spacial score (nSPS) is 11.5. The maximum absolute atomic E-state index is 13.3. The van der Waals surface area contributed by atoms with Gasteiger partial charge in [-0.2, -0.15) is 0 Å². The number of halogens is 1. The highest BCUT2D eigenvalue weighted by Crippen LogP contribution is 2.37. The van der Waals surface area contributed by atoms with Crippen LogP contribution in [0, 0.1) is 0 Å². The Morgan fingerprint density at radius 3 is 2.41 bits per heavy atom. The number of carbonyl (C=O) groups excluding carboxylic acids is 2. The predicted molar refractivity (Wildman–Crippen MR) is 140 cm³/mol. The number of thioether (sulfide) groups is 1. The van der Waals surface area contributed by atoms with Crippen LogP contribution in [0.3, 0.4) is 0 Å². The zero-order valence-electron chi connectivity index (χ0n) is 18.2. The number of carbonyl (C=O) groups is 2. The number of anilines is 2. The van der Waals surface area contributed by atoms with Crippen molar-refractivity contribution in [2.75, 3.05) is 17.7 Å². The second kappa shape index (κ2) is 11.2. The Labute approximate surface area is 211 Å². The molecular weight excluding hydrogens is 488 g/mol. The summed E-state index contributed by atoms with van der Waals surface area (Å²) in [4.78, 5) is 27.2. The van der Waals surface area contributed by atoms with Gasteiger partial charge in [0.15, 0.2) is 0 Å². The first-order valence-electron chi connectivity index (χ1n) is 10.3. The molecule has 0 aliphatic carbocycles. The van der Waals surface area contributed by atoms with Crippen molar-refractivity contribution in [3.05, 3.63) is 106 Å². The summed E-state index contributed by atoms with van der Waals surface area (Å²) in [5, 5.41) is 7.62. The highest BCUT2D eigenvalue weighted by atomic mass is 35.5. The molecule has 172 valence electrons. The monoisotopic (exact) mass is 508 g/mol. The number of ether oxygens (including phenoxy) is 1. The first-order valence-corrected chi connectivity index (χ1v) is 12.5. The summed E-state index contributed by atoms with van der Waals surface area (Å²) in [5.74, 6) is 0.186. The van der Waals surface area contributed by atoms with Crippen molar-refractivity contribution in [3.63, 3.8) is 0 Å². The highest BCUT2D eigenvalue weighted by Gasteiger charge is 2.23. The molecule has 4 aromatic rings. The molecule has 0 spiro atoms. The summed E-state index contributed by atoms with van der Waals surface area (Å²) in [6, 6.07) is 25.7. The minimum absolute atomic E-state index is 0.161. The third-order valence-corrected chi connectivity index (χ3v) is 7.26. The summed E-state index contributed by atoms with van der Waals surface area (Å²) in [7, 11) is 1.54. The van der Waals surface area contributed by atoms with E-state index in [0.717, 1.165) is 10.5 Å². The first kappa shape index (κ1) is 23.9. The van der Waals surface area contributed by atoms with Gasteiger partial charge in [0.05, 0.1) is 17.0 Å². The number of hydrogen-bond acceptors (Lipinski definition) is 5. The van der Waals surface area contributed by atoms with Crippen LogP contribution >= 0.6 is 34.7 Å². The number of thiophene rings is 1. The van der Waals surface area contributed by atoms with Gasteiger partial charge in [-0.15, -0.1) is 23.1 Å². The molecule has 0 radical (unpaired) electrons. The number of methoxy groups -OCH3 is 1. The second-order valence-corrected chi connectivity index (χ2v) is 9.74. The Balaban J connectivity index is 1.54. The highest BCUT2D eigenvalue weighted by molar-refractivity contribution is 8.00. The molecule has 1 unspecified atom stereocenters. The van der Waals surface area contributed by atoms with Crippen molar-refractivity contribution in [3.8, 4) is 5.75 Å². The standard InChI is InChI=1S/C26H21ClN2O3S2/c1-32-22-13-12-19(16-21(22)27)29-26(31)24(17-7-3-2-4-8-17)34-20-10-5-9-18(15-20)28-25(30)23-11-6-14-33-23/h2-16,24H,1H3,(H,28,30)(H,29,31). The van der Waals surface area contributed by atoms with Gasteiger partial charge in [0.25, 0.3) is 5.91 Å². The van der Waals surface area contributed by atoms with Crippen LogP contribution in [0.25, 0.3) is 0 Å². The smallest absolute Gasteiger partial charge is 0.265 e. The van der Waals surface area contributed by atoms with Crippen molar-refractivity contribution in [2.24, 2.45) is 0 Å². The molecule has 0 bridgehead atoms. The van der Waals surface area contributed by atoms with E-state index in [2.05, 4.69) is 10.6 Å². The fraction of sp³-hybridized carbons (Fsp3) is 0.0769. The lowest BCUT2D eigenvalue weighted by molar-refractivity contribution is -0.115. The quantitative estimate of drug-likeness (QED) is 0.248. The Kier molecular flexibility index (Phi) is 7.90. The molecule has 4 rings (SSSR count). The van der Waals surface area contributed by atoms with Crippen LogP contribution in [-0.4, -0.2) is 18.9 Å². The average Bonchev–Trinajstić information content (AvgIpc) is 3.39. The maximum atomic E-state index is 13.3. The Morgan fingerprint density at radius 1 is 0.912 bits per heavy atom. The molecular formula is C26H21ClN2O3S2. The van der Waals surface area contributed by atoms with E-state index in [1.807, 2.05) is 66.0 Å². The van der Waals surface area contributed by atoms with E-state index in [0.29, 0.717) is 27.0 Å². The molecule has 0 fully saturated rings. The van der Waals surface area contributed by atoms with Crippen molar-refractivity contribution in [1.29, 1.82) is 0 Å². The first-order chi connectivity index (χ1) is 16.5. The van der Waals surface area contributed by atoms with Crippen LogP contribution in [-0.2, 0) is 4.79 Å². The van der Waals surface area contributed by atoms with Crippen LogP contribution in [0.5, 0.6) is 5.75 Å². The molecule has 0 aliphatic rings. The summed E-state index contributed by atoms with van der Waals surface area (Å²) in [6.45, 7) is 0. The molecule has 0 aliphatic heterocycles. The molecule has 2 amide bonds. The van der Waals surface area contributed by atoms with E-state index in [1.54, 1.807) is 31.4 Å². The summed E-state index contributed by atoms with van der Waals surface area (Å²) in [5.41, 5.74) is 2.10. The molecule has 1 heterocycles. The van der Waals surface area contributed by atoms with E-state index in [-0.39, 0.29) is 11.8 Å². The third kappa shape index (κ3) is 5.99. The average molecular weight is 509 g/mol. The summed E-state index contributed by atoms with van der Waals surface area (Å²) in [6.07, 6.45) is 0. The lowest BCUT2D eigenvalue weighted by atomic mass is 10.1. The van der Waals surface area contributed by atoms with Crippen LogP contribution in [0.4, 0.5) is 11.4 Å².